The lowest BCUT2D eigenvalue weighted by atomic mass is 10.1. The second-order valence-corrected chi connectivity index (χ2v) is 10.8. The monoisotopic (exact) mass is 515 g/mol. The van der Waals surface area contributed by atoms with Crippen molar-refractivity contribution in [2.45, 2.75) is 69.5 Å². The van der Waals surface area contributed by atoms with Gasteiger partial charge in [-0.25, -0.2) is 13.1 Å². The Morgan fingerprint density at radius 1 is 1.06 bits per heavy atom. The molecule has 1 saturated carbocycles. The molecule has 1 aliphatic carbocycles. The molecule has 1 fully saturated rings. The molecule has 0 aliphatic heterocycles. The van der Waals surface area contributed by atoms with Crippen LogP contribution in [0, 0.1) is 0 Å². The minimum absolute atomic E-state index is 0.0479. The summed E-state index contributed by atoms with van der Waals surface area (Å²) in [6, 6.07) is 15.6. The van der Waals surface area contributed by atoms with E-state index in [-0.39, 0.29) is 29.2 Å². The summed E-state index contributed by atoms with van der Waals surface area (Å²) in [5.74, 6) is -0.337. The third-order valence-electron chi connectivity index (χ3n) is 6.09. The summed E-state index contributed by atoms with van der Waals surface area (Å²) in [5.41, 5.74) is 1.81. The lowest BCUT2D eigenvalue weighted by Crippen LogP contribution is -2.48. The molecule has 2 aromatic rings. The average molecular weight is 516 g/mol. The summed E-state index contributed by atoms with van der Waals surface area (Å²) >= 11 is 0. The molecular formula is C27H37N3O5S. The Morgan fingerprint density at radius 3 is 2.39 bits per heavy atom. The zero-order chi connectivity index (χ0) is 26.0. The van der Waals surface area contributed by atoms with Crippen LogP contribution in [0.4, 0.5) is 0 Å². The lowest BCUT2D eigenvalue weighted by Gasteiger charge is -2.29. The first-order valence-electron chi connectivity index (χ1n) is 12.6. The maximum absolute atomic E-state index is 13.3. The molecule has 1 atom stereocenters. The molecule has 1 aliphatic rings. The molecule has 0 spiro atoms. The van der Waals surface area contributed by atoms with E-state index in [1.165, 1.54) is 0 Å². The molecule has 2 amide bonds. The van der Waals surface area contributed by atoms with Gasteiger partial charge in [0, 0.05) is 38.8 Å². The number of carbonyl (C=O) groups excluding carboxylic acids is 2. The van der Waals surface area contributed by atoms with E-state index in [0.29, 0.717) is 39.1 Å². The smallest absolute Gasteiger partial charge is 0.242 e. The van der Waals surface area contributed by atoms with Gasteiger partial charge < -0.3 is 15.0 Å². The number of benzene rings is 2. The Morgan fingerprint density at radius 2 is 1.75 bits per heavy atom. The summed E-state index contributed by atoms with van der Waals surface area (Å²) in [6.07, 6.45) is 3.12. The zero-order valence-electron chi connectivity index (χ0n) is 21.1. The molecular weight excluding hydrogens is 478 g/mol. The first kappa shape index (κ1) is 27.8. The SMILES string of the molecule is CCOCCCNC(=O)C(C)N(Cc1ccccc1)C(=O)CCc1ccc(S(=O)(=O)NC2CC2)cc1. The third kappa shape index (κ3) is 8.72. The van der Waals surface area contributed by atoms with Crippen molar-refractivity contribution >= 4 is 21.8 Å². The third-order valence-corrected chi connectivity index (χ3v) is 7.63. The van der Waals surface area contributed by atoms with Gasteiger partial charge in [-0.15, -0.1) is 0 Å². The van der Waals surface area contributed by atoms with E-state index in [1.807, 2.05) is 37.3 Å². The van der Waals surface area contributed by atoms with Crippen molar-refractivity contribution in [2.24, 2.45) is 0 Å². The van der Waals surface area contributed by atoms with Crippen molar-refractivity contribution in [3.05, 3.63) is 65.7 Å². The number of rotatable bonds is 15. The molecule has 0 bridgehead atoms. The van der Waals surface area contributed by atoms with Crippen molar-refractivity contribution in [3.8, 4) is 0 Å². The molecule has 0 radical (unpaired) electrons. The maximum atomic E-state index is 13.3. The van der Waals surface area contributed by atoms with Gasteiger partial charge in [0.1, 0.15) is 6.04 Å². The number of hydrogen-bond donors (Lipinski definition) is 2. The highest BCUT2D eigenvalue weighted by Gasteiger charge is 2.28. The van der Waals surface area contributed by atoms with E-state index in [1.54, 1.807) is 36.1 Å². The van der Waals surface area contributed by atoms with Gasteiger partial charge >= 0.3 is 0 Å². The molecule has 196 valence electrons. The minimum atomic E-state index is -3.50. The maximum Gasteiger partial charge on any atom is 0.242 e. The molecule has 36 heavy (non-hydrogen) atoms. The van der Waals surface area contributed by atoms with Crippen LogP contribution in [0.25, 0.3) is 0 Å². The Labute approximate surface area is 214 Å². The van der Waals surface area contributed by atoms with E-state index in [2.05, 4.69) is 10.0 Å². The summed E-state index contributed by atoms with van der Waals surface area (Å²) in [5, 5.41) is 2.90. The second-order valence-electron chi connectivity index (χ2n) is 9.06. The molecule has 2 aromatic carbocycles. The highest BCUT2D eigenvalue weighted by atomic mass is 32.2. The number of carbonyl (C=O) groups is 2. The first-order chi connectivity index (χ1) is 17.3. The van der Waals surface area contributed by atoms with Gasteiger partial charge in [0.05, 0.1) is 4.90 Å². The normalized spacial score (nSPS) is 14.3. The van der Waals surface area contributed by atoms with Gasteiger partial charge in [0.25, 0.3) is 0 Å². The number of sulfonamides is 1. The predicted octanol–water partition coefficient (Wildman–Crippen LogP) is 3.02. The second kappa shape index (κ2) is 13.5. The predicted molar refractivity (Wildman–Crippen MR) is 139 cm³/mol. The number of nitrogens with one attached hydrogen (secondary N) is 2. The molecule has 1 unspecified atom stereocenters. The fourth-order valence-electron chi connectivity index (χ4n) is 3.76. The van der Waals surface area contributed by atoms with Gasteiger partial charge in [0.15, 0.2) is 0 Å². The minimum Gasteiger partial charge on any atom is -0.382 e. The van der Waals surface area contributed by atoms with E-state index < -0.39 is 16.1 Å². The Kier molecular flexibility index (Phi) is 10.5. The van der Waals surface area contributed by atoms with Crippen LogP contribution in [0.1, 0.15) is 50.7 Å². The van der Waals surface area contributed by atoms with Crippen LogP contribution in [-0.4, -0.2) is 57.0 Å². The standard InChI is InChI=1S/C27H37N3O5S/c1-3-35-19-7-18-28-27(32)21(2)30(20-23-8-5-4-6-9-23)26(31)17-12-22-10-15-25(16-11-22)36(33,34)29-24-13-14-24/h4-6,8-11,15-16,21,24,29H,3,7,12-14,17-20H2,1-2H3,(H,28,32). The van der Waals surface area contributed by atoms with Gasteiger partial charge in [-0.1, -0.05) is 42.5 Å². The molecule has 0 aromatic heterocycles. The van der Waals surface area contributed by atoms with Gasteiger partial charge in [-0.2, -0.15) is 0 Å². The van der Waals surface area contributed by atoms with Crippen LogP contribution >= 0.6 is 0 Å². The quantitative estimate of drug-likeness (QED) is 0.355. The summed E-state index contributed by atoms with van der Waals surface area (Å²) in [6.45, 7) is 5.70. The molecule has 0 heterocycles. The molecule has 3 rings (SSSR count). The highest BCUT2D eigenvalue weighted by Crippen LogP contribution is 2.22. The molecule has 8 nitrogen and oxygen atoms in total. The van der Waals surface area contributed by atoms with Crippen LogP contribution in [-0.2, 0) is 37.3 Å². The van der Waals surface area contributed by atoms with Gasteiger partial charge in [-0.05, 0) is 62.8 Å². The summed E-state index contributed by atoms with van der Waals surface area (Å²) < 4.78 is 32.7. The van der Waals surface area contributed by atoms with Crippen LogP contribution in [0.2, 0.25) is 0 Å². The Hall–Kier alpha value is -2.75. The van der Waals surface area contributed by atoms with E-state index in [4.69, 9.17) is 4.74 Å². The number of ether oxygens (including phenoxy) is 1. The number of nitrogens with zero attached hydrogens (tertiary/aromatic N) is 1. The van der Waals surface area contributed by atoms with E-state index >= 15 is 0 Å². The van der Waals surface area contributed by atoms with Crippen molar-refractivity contribution in [1.29, 1.82) is 0 Å². The highest BCUT2D eigenvalue weighted by molar-refractivity contribution is 7.89. The summed E-state index contributed by atoms with van der Waals surface area (Å²) in [7, 11) is -3.50. The Balaban J connectivity index is 1.60. The zero-order valence-corrected chi connectivity index (χ0v) is 21.9. The lowest BCUT2D eigenvalue weighted by molar-refractivity contribution is -0.140. The average Bonchev–Trinajstić information content (AvgIpc) is 3.69. The van der Waals surface area contributed by atoms with Crippen molar-refractivity contribution < 1.29 is 22.7 Å². The molecule has 2 N–H and O–H groups in total. The Bertz CT molecular complexity index is 1090. The van der Waals surface area contributed by atoms with Crippen LogP contribution in [0.5, 0.6) is 0 Å². The summed E-state index contributed by atoms with van der Waals surface area (Å²) in [4.78, 5) is 27.9. The van der Waals surface area contributed by atoms with E-state index in [9.17, 15) is 18.0 Å². The van der Waals surface area contributed by atoms with E-state index in [0.717, 1.165) is 24.0 Å². The fraction of sp³-hybridized carbons (Fsp3) is 0.481. The van der Waals surface area contributed by atoms with Gasteiger partial charge in [-0.3, -0.25) is 9.59 Å². The van der Waals surface area contributed by atoms with Crippen LogP contribution < -0.4 is 10.0 Å². The number of amides is 2. The van der Waals surface area contributed by atoms with Crippen molar-refractivity contribution in [2.75, 3.05) is 19.8 Å². The topological polar surface area (TPSA) is 105 Å². The van der Waals surface area contributed by atoms with Crippen LogP contribution in [0.3, 0.4) is 0 Å². The van der Waals surface area contributed by atoms with Crippen molar-refractivity contribution in [3.63, 3.8) is 0 Å². The molecule has 0 saturated heterocycles. The fourth-order valence-corrected chi connectivity index (χ4v) is 5.06. The number of hydrogen-bond acceptors (Lipinski definition) is 5. The largest absolute Gasteiger partial charge is 0.382 e. The molecule has 9 heteroatoms. The van der Waals surface area contributed by atoms with Gasteiger partial charge in [0.2, 0.25) is 21.8 Å². The first-order valence-corrected chi connectivity index (χ1v) is 14.1. The number of aryl methyl sites for hydroxylation is 1. The van der Waals surface area contributed by atoms with Crippen LogP contribution in [0.15, 0.2) is 59.5 Å². The van der Waals surface area contributed by atoms with Crippen molar-refractivity contribution in [1.82, 2.24) is 14.9 Å².